The number of fused-ring (bicyclic) bond motifs is 1. The number of imidazole rings is 1. The highest BCUT2D eigenvalue weighted by molar-refractivity contribution is 6.02. The van der Waals surface area contributed by atoms with Crippen LogP contribution in [0, 0.1) is 6.92 Å². The van der Waals surface area contributed by atoms with Crippen molar-refractivity contribution >= 4 is 17.3 Å². The molecule has 26 heavy (non-hydrogen) atoms. The lowest BCUT2D eigenvalue weighted by atomic mass is 10.1. The van der Waals surface area contributed by atoms with Crippen LogP contribution in [0.15, 0.2) is 61.3 Å². The molecule has 0 aliphatic carbocycles. The molecule has 0 aliphatic heterocycles. The second-order valence-electron chi connectivity index (χ2n) is 5.85. The third kappa shape index (κ3) is 3.49. The zero-order valence-corrected chi connectivity index (χ0v) is 14.5. The molecule has 2 N–H and O–H groups in total. The van der Waals surface area contributed by atoms with Crippen LogP contribution in [0.4, 0.5) is 0 Å². The lowest BCUT2D eigenvalue weighted by Crippen LogP contribution is -2.26. The fourth-order valence-electron chi connectivity index (χ4n) is 2.68. The Labute approximate surface area is 151 Å². The van der Waals surface area contributed by atoms with E-state index in [9.17, 15) is 9.59 Å². The number of amides is 2. The van der Waals surface area contributed by atoms with Gasteiger partial charge < -0.3 is 10.6 Å². The van der Waals surface area contributed by atoms with Gasteiger partial charge in [-0.05, 0) is 30.2 Å². The van der Waals surface area contributed by atoms with Gasteiger partial charge in [0.05, 0.1) is 5.52 Å². The van der Waals surface area contributed by atoms with Crippen LogP contribution in [0.1, 0.15) is 32.2 Å². The Bertz CT molecular complexity index is 975. The quantitative estimate of drug-likeness (QED) is 0.672. The van der Waals surface area contributed by atoms with Gasteiger partial charge in [-0.2, -0.15) is 0 Å². The molecule has 1 aromatic carbocycles. The first-order valence-corrected chi connectivity index (χ1v) is 8.30. The Morgan fingerprint density at radius 2 is 1.88 bits per heavy atom. The van der Waals surface area contributed by atoms with E-state index >= 15 is 0 Å². The number of pyridine rings is 1. The summed E-state index contributed by atoms with van der Waals surface area (Å²) in [6.45, 7) is 6.30. The molecular formula is C20H20N4O2. The normalized spacial score (nSPS) is 10.5. The summed E-state index contributed by atoms with van der Waals surface area (Å²) >= 11 is 0. The summed E-state index contributed by atoms with van der Waals surface area (Å²) in [5.74, 6) is -0.507. The minimum absolute atomic E-state index is 0.170. The topological polar surface area (TPSA) is 75.5 Å². The number of aromatic nitrogens is 2. The van der Waals surface area contributed by atoms with Crippen LogP contribution in [0.3, 0.4) is 0 Å². The smallest absolute Gasteiger partial charge is 0.287 e. The summed E-state index contributed by atoms with van der Waals surface area (Å²) in [4.78, 5) is 29.2. The van der Waals surface area contributed by atoms with Gasteiger partial charge in [0.15, 0.2) is 5.69 Å². The maximum Gasteiger partial charge on any atom is 0.287 e. The van der Waals surface area contributed by atoms with Gasteiger partial charge in [-0.15, -0.1) is 6.58 Å². The summed E-state index contributed by atoms with van der Waals surface area (Å²) in [5, 5.41) is 5.57. The van der Waals surface area contributed by atoms with Crippen LogP contribution >= 0.6 is 0 Å². The molecular weight excluding hydrogens is 328 g/mol. The zero-order chi connectivity index (χ0) is 18.5. The molecule has 6 nitrogen and oxygen atoms in total. The molecule has 0 saturated carbocycles. The van der Waals surface area contributed by atoms with Crippen molar-refractivity contribution in [3.63, 3.8) is 0 Å². The predicted octanol–water partition coefficient (Wildman–Crippen LogP) is 2.49. The van der Waals surface area contributed by atoms with Crippen molar-refractivity contribution in [3.05, 3.63) is 84.0 Å². The monoisotopic (exact) mass is 348 g/mol. The molecule has 3 aromatic rings. The average molecular weight is 348 g/mol. The molecule has 0 bridgehead atoms. The Morgan fingerprint density at radius 1 is 1.12 bits per heavy atom. The number of nitrogens with one attached hydrogen (secondary N) is 2. The lowest BCUT2D eigenvalue weighted by Gasteiger charge is -2.06. The van der Waals surface area contributed by atoms with E-state index in [1.165, 1.54) is 0 Å². The molecule has 0 unspecified atom stereocenters. The fourth-order valence-corrected chi connectivity index (χ4v) is 2.68. The van der Waals surface area contributed by atoms with Gasteiger partial charge in [0.1, 0.15) is 0 Å². The number of benzene rings is 1. The maximum absolute atomic E-state index is 12.7. The molecule has 3 rings (SSSR count). The van der Waals surface area contributed by atoms with Crippen molar-refractivity contribution in [2.24, 2.45) is 0 Å². The van der Waals surface area contributed by atoms with E-state index in [0.717, 1.165) is 11.1 Å². The Balaban J connectivity index is 1.87. The van der Waals surface area contributed by atoms with Gasteiger partial charge in [-0.3, -0.25) is 14.0 Å². The van der Waals surface area contributed by atoms with Crippen molar-refractivity contribution in [1.82, 2.24) is 20.0 Å². The summed E-state index contributed by atoms with van der Waals surface area (Å²) in [6, 6.07) is 13.2. The van der Waals surface area contributed by atoms with Gasteiger partial charge >= 0.3 is 0 Å². The highest BCUT2D eigenvalue weighted by atomic mass is 16.2. The van der Waals surface area contributed by atoms with Crippen LogP contribution in [-0.2, 0) is 6.54 Å². The Morgan fingerprint density at radius 3 is 2.65 bits per heavy atom. The average Bonchev–Trinajstić information content (AvgIpc) is 3.05. The molecule has 2 heterocycles. The minimum Gasteiger partial charge on any atom is -0.347 e. The third-order valence-electron chi connectivity index (χ3n) is 4.07. The number of carbonyl (C=O) groups is 2. The number of nitrogens with zero attached hydrogens (tertiary/aromatic N) is 2. The van der Waals surface area contributed by atoms with Gasteiger partial charge in [-0.25, -0.2) is 4.98 Å². The first kappa shape index (κ1) is 17.4. The maximum atomic E-state index is 12.7. The molecule has 132 valence electrons. The highest BCUT2D eigenvalue weighted by Gasteiger charge is 2.21. The number of rotatable bonds is 6. The van der Waals surface area contributed by atoms with E-state index in [0.29, 0.717) is 18.6 Å². The second-order valence-corrected chi connectivity index (χ2v) is 5.85. The minimum atomic E-state index is -0.357. The highest BCUT2D eigenvalue weighted by Crippen LogP contribution is 2.14. The lowest BCUT2D eigenvalue weighted by molar-refractivity contribution is 0.0946. The molecule has 0 fully saturated rings. The fraction of sp³-hybridized carbons (Fsp3) is 0.150. The summed E-state index contributed by atoms with van der Waals surface area (Å²) in [6.07, 6.45) is 3.30. The van der Waals surface area contributed by atoms with Crippen LogP contribution < -0.4 is 10.6 Å². The molecule has 0 spiro atoms. The summed E-state index contributed by atoms with van der Waals surface area (Å²) in [7, 11) is 0. The van der Waals surface area contributed by atoms with Gasteiger partial charge in [0.2, 0.25) is 5.82 Å². The van der Waals surface area contributed by atoms with Crippen LogP contribution in [0.25, 0.3) is 5.52 Å². The second kappa shape index (κ2) is 7.65. The number of aryl methyl sites for hydroxylation is 1. The van der Waals surface area contributed by atoms with Crippen molar-refractivity contribution in [2.75, 3.05) is 6.54 Å². The predicted molar refractivity (Wildman–Crippen MR) is 100 cm³/mol. The van der Waals surface area contributed by atoms with Crippen molar-refractivity contribution in [3.8, 4) is 0 Å². The van der Waals surface area contributed by atoms with Crippen molar-refractivity contribution in [2.45, 2.75) is 13.5 Å². The zero-order valence-electron chi connectivity index (χ0n) is 14.5. The van der Waals surface area contributed by atoms with E-state index < -0.39 is 0 Å². The number of carbonyl (C=O) groups excluding carboxylic acids is 2. The van der Waals surface area contributed by atoms with Crippen molar-refractivity contribution in [1.29, 1.82) is 0 Å². The first-order chi connectivity index (χ1) is 12.6. The van der Waals surface area contributed by atoms with E-state index in [1.54, 1.807) is 34.9 Å². The van der Waals surface area contributed by atoms with E-state index in [-0.39, 0.29) is 23.3 Å². The molecule has 0 atom stereocenters. The molecule has 2 aromatic heterocycles. The Hall–Kier alpha value is -3.41. The van der Waals surface area contributed by atoms with E-state index in [2.05, 4.69) is 22.2 Å². The molecule has 0 saturated heterocycles. The Kier molecular flexibility index (Phi) is 5.12. The van der Waals surface area contributed by atoms with Gasteiger partial charge in [-0.1, -0.05) is 36.4 Å². The van der Waals surface area contributed by atoms with E-state index in [1.807, 2.05) is 31.2 Å². The third-order valence-corrected chi connectivity index (χ3v) is 4.07. The standard InChI is InChI=1S/C20H20N4O2/c1-3-11-21-20(26)18-23-17(16-10-6-7-12-24(16)18)19(25)22-13-15-9-5-4-8-14(15)2/h3-10,12H,1,11,13H2,2H3,(H,21,26)(H,22,25). The summed E-state index contributed by atoms with van der Waals surface area (Å²) < 4.78 is 1.61. The van der Waals surface area contributed by atoms with Gasteiger partial charge in [0.25, 0.3) is 11.8 Å². The van der Waals surface area contributed by atoms with E-state index in [4.69, 9.17) is 0 Å². The molecule has 0 aliphatic rings. The molecule has 0 radical (unpaired) electrons. The van der Waals surface area contributed by atoms with Crippen LogP contribution in [-0.4, -0.2) is 27.7 Å². The summed E-state index contributed by atoms with van der Waals surface area (Å²) in [5.41, 5.74) is 2.95. The van der Waals surface area contributed by atoms with Crippen molar-refractivity contribution < 1.29 is 9.59 Å². The SMILES string of the molecule is C=CCNC(=O)c1nc(C(=O)NCc2ccccc2C)c2ccccn12. The molecule has 2 amide bonds. The first-order valence-electron chi connectivity index (χ1n) is 8.30. The molecule has 6 heteroatoms. The number of hydrogen-bond donors (Lipinski definition) is 2. The number of hydrogen-bond acceptors (Lipinski definition) is 3. The van der Waals surface area contributed by atoms with Gasteiger partial charge in [0, 0.05) is 19.3 Å². The largest absolute Gasteiger partial charge is 0.347 e. The van der Waals surface area contributed by atoms with Crippen LogP contribution in [0.2, 0.25) is 0 Å². The van der Waals surface area contributed by atoms with Crippen LogP contribution in [0.5, 0.6) is 0 Å².